The Morgan fingerprint density at radius 2 is 1.73 bits per heavy atom. The number of aromatic nitrogens is 1. The molecule has 152 valence electrons. The molecule has 5 heteroatoms. The number of amides is 1. The van der Waals surface area contributed by atoms with Crippen LogP contribution >= 0.6 is 11.6 Å². The molecular formula is C25H23ClN2O2. The van der Waals surface area contributed by atoms with Crippen LogP contribution in [0.4, 0.5) is 0 Å². The number of nitrogens with zero attached hydrogens (tertiary/aromatic N) is 2. The summed E-state index contributed by atoms with van der Waals surface area (Å²) >= 11 is 5.99. The summed E-state index contributed by atoms with van der Waals surface area (Å²) in [5.74, 6) is 0.681. The predicted octanol–water partition coefficient (Wildman–Crippen LogP) is 5.93. The minimum Gasteiger partial charge on any atom is -0.467 e. The number of rotatable bonds is 7. The Bertz CT molecular complexity index is 1100. The lowest BCUT2D eigenvalue weighted by Gasteiger charge is -2.23. The van der Waals surface area contributed by atoms with Crippen LogP contribution in [0.25, 0.3) is 0 Å². The highest BCUT2D eigenvalue weighted by molar-refractivity contribution is 6.30. The molecule has 2 aromatic carbocycles. The average Bonchev–Trinajstić information content (AvgIpc) is 3.42. The van der Waals surface area contributed by atoms with Crippen molar-refractivity contribution in [2.75, 3.05) is 0 Å². The molecule has 0 atom stereocenters. The molecule has 0 bridgehead atoms. The molecule has 0 radical (unpaired) electrons. The van der Waals surface area contributed by atoms with Crippen molar-refractivity contribution in [2.24, 2.45) is 0 Å². The summed E-state index contributed by atoms with van der Waals surface area (Å²) in [6.07, 6.45) is 3.67. The van der Waals surface area contributed by atoms with Crippen LogP contribution in [0.15, 0.2) is 89.7 Å². The molecule has 1 amide bonds. The second-order valence-electron chi connectivity index (χ2n) is 7.36. The molecule has 0 unspecified atom stereocenters. The van der Waals surface area contributed by atoms with Gasteiger partial charge in [0.25, 0.3) is 5.91 Å². The van der Waals surface area contributed by atoms with Crippen molar-refractivity contribution in [3.05, 3.63) is 118 Å². The van der Waals surface area contributed by atoms with Crippen molar-refractivity contribution in [3.63, 3.8) is 0 Å². The molecule has 2 aromatic heterocycles. The van der Waals surface area contributed by atoms with Gasteiger partial charge in [0.2, 0.25) is 0 Å². The molecule has 4 rings (SSSR count). The predicted molar refractivity (Wildman–Crippen MR) is 118 cm³/mol. The zero-order valence-electron chi connectivity index (χ0n) is 16.8. The van der Waals surface area contributed by atoms with Crippen LogP contribution in [-0.2, 0) is 19.6 Å². The number of carbonyl (C=O) groups excluding carboxylic acids is 1. The summed E-state index contributed by atoms with van der Waals surface area (Å²) in [5.41, 5.74) is 4.12. The van der Waals surface area contributed by atoms with Crippen LogP contribution in [0, 0.1) is 6.92 Å². The summed E-state index contributed by atoms with van der Waals surface area (Å²) in [5, 5.41) is 0.608. The first-order valence-electron chi connectivity index (χ1n) is 9.85. The topological polar surface area (TPSA) is 38.4 Å². The van der Waals surface area contributed by atoms with Crippen molar-refractivity contribution >= 4 is 17.5 Å². The van der Waals surface area contributed by atoms with Crippen molar-refractivity contribution in [3.8, 4) is 0 Å². The number of hydrogen-bond acceptors (Lipinski definition) is 2. The van der Waals surface area contributed by atoms with E-state index in [1.807, 2.05) is 24.4 Å². The lowest BCUT2D eigenvalue weighted by molar-refractivity contribution is 0.0713. The summed E-state index contributed by atoms with van der Waals surface area (Å²) in [6.45, 7) is 3.71. The van der Waals surface area contributed by atoms with Crippen molar-refractivity contribution < 1.29 is 9.21 Å². The highest BCUT2D eigenvalue weighted by Crippen LogP contribution is 2.18. The first-order valence-corrected chi connectivity index (χ1v) is 10.2. The van der Waals surface area contributed by atoms with Crippen molar-refractivity contribution in [1.82, 2.24) is 9.47 Å². The normalized spacial score (nSPS) is 10.9. The van der Waals surface area contributed by atoms with Gasteiger partial charge in [0.15, 0.2) is 0 Å². The van der Waals surface area contributed by atoms with Crippen LogP contribution in [0.3, 0.4) is 0 Å². The highest BCUT2D eigenvalue weighted by Gasteiger charge is 2.19. The summed E-state index contributed by atoms with van der Waals surface area (Å²) in [7, 11) is 0. The Morgan fingerprint density at radius 3 is 2.43 bits per heavy atom. The van der Waals surface area contributed by atoms with E-state index in [0.29, 0.717) is 23.7 Å². The molecule has 0 N–H and O–H groups in total. The molecule has 4 aromatic rings. The van der Waals surface area contributed by atoms with Gasteiger partial charge in [-0.05, 0) is 61.0 Å². The number of aryl methyl sites for hydroxylation is 1. The van der Waals surface area contributed by atoms with Gasteiger partial charge in [-0.1, -0.05) is 41.4 Å². The number of benzene rings is 2. The quantitative estimate of drug-likeness (QED) is 0.373. The van der Waals surface area contributed by atoms with E-state index in [4.69, 9.17) is 16.0 Å². The SMILES string of the molecule is Cc1ccc(Cn2cccc2CN(Cc2ccco2)C(=O)c2ccc(Cl)cc2)cc1. The van der Waals surface area contributed by atoms with Crippen molar-refractivity contribution in [1.29, 1.82) is 0 Å². The first kappa shape index (κ1) is 20.0. The minimum absolute atomic E-state index is 0.0637. The third-order valence-corrected chi connectivity index (χ3v) is 5.31. The van der Waals surface area contributed by atoms with Gasteiger partial charge in [0.1, 0.15) is 5.76 Å². The largest absolute Gasteiger partial charge is 0.467 e. The number of hydrogen-bond donors (Lipinski definition) is 0. The second-order valence-corrected chi connectivity index (χ2v) is 7.80. The maximum atomic E-state index is 13.2. The zero-order valence-corrected chi connectivity index (χ0v) is 17.5. The van der Waals surface area contributed by atoms with E-state index < -0.39 is 0 Å². The molecule has 2 heterocycles. The first-order chi connectivity index (χ1) is 14.6. The number of furan rings is 1. The maximum absolute atomic E-state index is 13.2. The standard InChI is InChI=1S/C25H23ClN2O2/c1-19-6-8-20(9-7-19)16-27-14-2-4-23(27)17-28(18-24-5-3-15-30-24)25(29)21-10-12-22(26)13-11-21/h2-15H,16-18H2,1H3. The van der Waals surface area contributed by atoms with Crippen LogP contribution in [0.2, 0.25) is 5.02 Å². The number of halogens is 1. The molecule has 0 saturated carbocycles. The summed E-state index contributed by atoms with van der Waals surface area (Å²) in [6, 6.07) is 23.3. The monoisotopic (exact) mass is 418 g/mol. The third-order valence-electron chi connectivity index (χ3n) is 5.06. The minimum atomic E-state index is -0.0637. The zero-order chi connectivity index (χ0) is 20.9. The van der Waals surface area contributed by atoms with Gasteiger partial charge in [-0.3, -0.25) is 4.79 Å². The van der Waals surface area contributed by atoms with E-state index in [0.717, 1.165) is 18.0 Å². The molecule has 30 heavy (non-hydrogen) atoms. The van der Waals surface area contributed by atoms with E-state index in [1.165, 1.54) is 11.1 Å². The Kier molecular flexibility index (Phi) is 6.05. The lowest BCUT2D eigenvalue weighted by atomic mass is 10.1. The molecule has 0 aliphatic heterocycles. The maximum Gasteiger partial charge on any atom is 0.254 e. The van der Waals surface area contributed by atoms with Gasteiger partial charge in [-0.15, -0.1) is 0 Å². The average molecular weight is 419 g/mol. The molecule has 0 spiro atoms. The molecule has 0 aliphatic carbocycles. The van der Waals surface area contributed by atoms with Crippen LogP contribution in [0.5, 0.6) is 0 Å². The molecule has 0 saturated heterocycles. The summed E-state index contributed by atoms with van der Waals surface area (Å²) < 4.78 is 7.68. The molecule has 0 fully saturated rings. The Balaban J connectivity index is 1.57. The van der Waals surface area contributed by atoms with E-state index in [9.17, 15) is 4.79 Å². The van der Waals surface area contributed by atoms with E-state index in [-0.39, 0.29) is 5.91 Å². The van der Waals surface area contributed by atoms with Crippen molar-refractivity contribution in [2.45, 2.75) is 26.6 Å². The Morgan fingerprint density at radius 1 is 0.967 bits per heavy atom. The third kappa shape index (κ3) is 4.84. The Hall–Kier alpha value is -3.24. The van der Waals surface area contributed by atoms with Crippen LogP contribution in [-0.4, -0.2) is 15.4 Å². The fourth-order valence-electron chi connectivity index (χ4n) is 3.40. The smallest absolute Gasteiger partial charge is 0.254 e. The van der Waals surface area contributed by atoms with Gasteiger partial charge >= 0.3 is 0 Å². The number of carbonyl (C=O) groups is 1. The summed E-state index contributed by atoms with van der Waals surface area (Å²) in [4.78, 5) is 15.0. The highest BCUT2D eigenvalue weighted by atomic mass is 35.5. The Labute approximate surface area is 181 Å². The van der Waals surface area contributed by atoms with Gasteiger partial charge in [-0.2, -0.15) is 0 Å². The van der Waals surface area contributed by atoms with Gasteiger partial charge in [0, 0.05) is 29.0 Å². The van der Waals surface area contributed by atoms with Gasteiger partial charge in [0.05, 0.1) is 19.4 Å². The van der Waals surface area contributed by atoms with E-state index >= 15 is 0 Å². The fraction of sp³-hybridized carbons (Fsp3) is 0.160. The second kappa shape index (κ2) is 9.06. The molecular weight excluding hydrogens is 396 g/mol. The molecule has 4 nitrogen and oxygen atoms in total. The van der Waals surface area contributed by atoms with Crippen LogP contribution in [0.1, 0.15) is 32.9 Å². The fourth-order valence-corrected chi connectivity index (χ4v) is 3.52. The molecule has 0 aliphatic rings. The lowest BCUT2D eigenvalue weighted by Crippen LogP contribution is -2.31. The van der Waals surface area contributed by atoms with Crippen LogP contribution < -0.4 is 0 Å². The van der Waals surface area contributed by atoms with Gasteiger partial charge in [-0.25, -0.2) is 0 Å². The van der Waals surface area contributed by atoms with Gasteiger partial charge < -0.3 is 13.9 Å². The van der Waals surface area contributed by atoms with E-state index in [2.05, 4.69) is 41.8 Å². The van der Waals surface area contributed by atoms with E-state index in [1.54, 1.807) is 35.4 Å².